The van der Waals surface area contributed by atoms with Gasteiger partial charge < -0.3 is 15.0 Å². The highest BCUT2D eigenvalue weighted by molar-refractivity contribution is 7.99. The number of rotatable bonds is 7. The van der Waals surface area contributed by atoms with Crippen LogP contribution >= 0.6 is 11.8 Å². The molecular formula is C20H22FN3O5S2. The van der Waals surface area contributed by atoms with E-state index in [-0.39, 0.29) is 17.3 Å². The number of amides is 2. The molecule has 0 aliphatic carbocycles. The van der Waals surface area contributed by atoms with E-state index in [1.165, 1.54) is 23.8 Å². The summed E-state index contributed by atoms with van der Waals surface area (Å²) >= 11 is 1.35. The van der Waals surface area contributed by atoms with E-state index in [1.54, 1.807) is 31.2 Å². The number of nitrogens with zero attached hydrogens (tertiary/aromatic N) is 1. The first-order valence-electron chi connectivity index (χ1n) is 9.39. The number of carbonyl (C=O) groups is 2. The summed E-state index contributed by atoms with van der Waals surface area (Å²) < 4.78 is 46.2. The van der Waals surface area contributed by atoms with Crippen LogP contribution in [0.3, 0.4) is 0 Å². The summed E-state index contributed by atoms with van der Waals surface area (Å²) in [6.07, 6.45) is 0. The van der Waals surface area contributed by atoms with Crippen molar-refractivity contribution in [2.24, 2.45) is 0 Å². The topological polar surface area (TPSA) is 105 Å². The quantitative estimate of drug-likeness (QED) is 0.648. The zero-order valence-electron chi connectivity index (χ0n) is 16.9. The molecule has 2 N–H and O–H groups in total. The van der Waals surface area contributed by atoms with Gasteiger partial charge in [-0.15, -0.1) is 11.8 Å². The maximum Gasteiger partial charge on any atom is 0.258 e. The van der Waals surface area contributed by atoms with Gasteiger partial charge in [0.1, 0.15) is 17.6 Å². The molecule has 0 saturated carbocycles. The monoisotopic (exact) mass is 467 g/mol. The SMILES string of the molecule is CCNS(=O)(=O)c1ccc(F)c(C(=O)N2CSCC2C(=O)Nc2ccc(OC)cc2)c1. The molecule has 1 unspecified atom stereocenters. The van der Waals surface area contributed by atoms with E-state index in [0.29, 0.717) is 17.2 Å². The molecule has 1 saturated heterocycles. The fourth-order valence-corrected chi connectivity index (χ4v) is 5.24. The van der Waals surface area contributed by atoms with Crippen molar-refractivity contribution in [1.29, 1.82) is 0 Å². The van der Waals surface area contributed by atoms with Crippen LogP contribution < -0.4 is 14.8 Å². The number of hydrogen-bond acceptors (Lipinski definition) is 6. The van der Waals surface area contributed by atoms with Crippen molar-refractivity contribution in [3.05, 3.63) is 53.8 Å². The molecule has 166 valence electrons. The Labute approximate surface area is 184 Å². The first kappa shape index (κ1) is 23.0. The molecule has 2 aromatic carbocycles. The number of carbonyl (C=O) groups excluding carboxylic acids is 2. The van der Waals surface area contributed by atoms with E-state index in [9.17, 15) is 22.4 Å². The number of benzene rings is 2. The molecule has 1 heterocycles. The van der Waals surface area contributed by atoms with Gasteiger partial charge in [-0.1, -0.05) is 6.92 Å². The largest absolute Gasteiger partial charge is 0.497 e. The lowest BCUT2D eigenvalue weighted by molar-refractivity contribution is -0.119. The number of methoxy groups -OCH3 is 1. The standard InChI is InChI=1S/C20H22FN3O5S2/c1-3-22-31(27,28)15-8-9-17(21)16(10-15)20(26)24-12-30-11-18(24)19(25)23-13-4-6-14(29-2)7-5-13/h4-10,18,22H,3,11-12H2,1-2H3,(H,23,25). The number of thioether (sulfide) groups is 1. The molecule has 1 aliphatic heterocycles. The van der Waals surface area contributed by atoms with Crippen molar-refractivity contribution in [3.8, 4) is 5.75 Å². The minimum Gasteiger partial charge on any atom is -0.497 e. The van der Waals surface area contributed by atoms with Crippen LogP contribution in [0.1, 0.15) is 17.3 Å². The molecule has 8 nitrogen and oxygen atoms in total. The zero-order valence-corrected chi connectivity index (χ0v) is 18.6. The van der Waals surface area contributed by atoms with E-state index in [1.807, 2.05) is 0 Å². The van der Waals surface area contributed by atoms with Gasteiger partial charge in [0.2, 0.25) is 15.9 Å². The Hall–Kier alpha value is -2.63. The van der Waals surface area contributed by atoms with Gasteiger partial charge in [-0.25, -0.2) is 17.5 Å². The molecular weight excluding hydrogens is 445 g/mol. The van der Waals surface area contributed by atoms with E-state index >= 15 is 0 Å². The maximum atomic E-state index is 14.4. The van der Waals surface area contributed by atoms with Gasteiger partial charge in [-0.05, 0) is 42.5 Å². The minimum atomic E-state index is -3.87. The smallest absolute Gasteiger partial charge is 0.258 e. The maximum absolute atomic E-state index is 14.4. The Bertz CT molecular complexity index is 1080. The number of ether oxygens (including phenoxy) is 1. The Balaban J connectivity index is 1.81. The molecule has 3 rings (SSSR count). The van der Waals surface area contributed by atoms with Gasteiger partial charge in [0.05, 0.1) is 23.4 Å². The Morgan fingerprint density at radius 3 is 2.58 bits per heavy atom. The fourth-order valence-electron chi connectivity index (χ4n) is 3.02. The van der Waals surface area contributed by atoms with Gasteiger partial charge in [0, 0.05) is 18.0 Å². The van der Waals surface area contributed by atoms with Crippen LogP contribution in [0.25, 0.3) is 0 Å². The van der Waals surface area contributed by atoms with E-state index in [4.69, 9.17) is 4.74 Å². The number of nitrogens with one attached hydrogen (secondary N) is 2. The number of halogens is 1. The Morgan fingerprint density at radius 1 is 1.23 bits per heavy atom. The molecule has 0 aromatic heterocycles. The summed E-state index contributed by atoms with van der Waals surface area (Å²) in [5.41, 5.74) is 0.128. The molecule has 0 radical (unpaired) electrons. The van der Waals surface area contributed by atoms with Crippen LogP contribution in [-0.4, -0.2) is 56.5 Å². The van der Waals surface area contributed by atoms with Crippen molar-refractivity contribution in [2.45, 2.75) is 17.9 Å². The summed E-state index contributed by atoms with van der Waals surface area (Å²) in [4.78, 5) is 26.8. The van der Waals surface area contributed by atoms with Crippen molar-refractivity contribution in [3.63, 3.8) is 0 Å². The van der Waals surface area contributed by atoms with Gasteiger partial charge in [0.25, 0.3) is 5.91 Å². The lowest BCUT2D eigenvalue weighted by atomic mass is 10.1. The molecule has 2 amide bonds. The van der Waals surface area contributed by atoms with Crippen LogP contribution in [0, 0.1) is 5.82 Å². The minimum absolute atomic E-state index is 0.152. The highest BCUT2D eigenvalue weighted by atomic mass is 32.2. The van der Waals surface area contributed by atoms with Gasteiger partial charge in [-0.2, -0.15) is 0 Å². The normalized spacial score (nSPS) is 16.2. The number of sulfonamides is 1. The average molecular weight is 468 g/mol. The second-order valence-corrected chi connectivity index (χ2v) is 9.42. The Kier molecular flexibility index (Phi) is 7.19. The van der Waals surface area contributed by atoms with Crippen molar-refractivity contribution in [2.75, 3.05) is 30.6 Å². The summed E-state index contributed by atoms with van der Waals surface area (Å²) in [6, 6.07) is 8.91. The van der Waals surface area contributed by atoms with Crippen LogP contribution in [0.2, 0.25) is 0 Å². The molecule has 1 fully saturated rings. The fraction of sp³-hybridized carbons (Fsp3) is 0.300. The summed E-state index contributed by atoms with van der Waals surface area (Å²) in [5, 5.41) is 2.74. The first-order valence-corrected chi connectivity index (χ1v) is 12.0. The highest BCUT2D eigenvalue weighted by Crippen LogP contribution is 2.26. The summed E-state index contributed by atoms with van der Waals surface area (Å²) in [6.45, 7) is 1.76. The van der Waals surface area contributed by atoms with E-state index < -0.39 is 39.3 Å². The third-order valence-electron chi connectivity index (χ3n) is 4.62. The molecule has 0 bridgehead atoms. The molecule has 0 spiro atoms. The molecule has 11 heteroatoms. The average Bonchev–Trinajstić information content (AvgIpc) is 3.24. The van der Waals surface area contributed by atoms with Crippen LogP contribution in [0.15, 0.2) is 47.4 Å². The van der Waals surface area contributed by atoms with E-state index in [0.717, 1.165) is 18.2 Å². The number of anilines is 1. The predicted octanol–water partition coefficient (Wildman–Crippen LogP) is 2.29. The van der Waals surface area contributed by atoms with E-state index in [2.05, 4.69) is 10.0 Å². The van der Waals surface area contributed by atoms with Crippen molar-refractivity contribution < 1.29 is 27.1 Å². The second kappa shape index (κ2) is 9.67. The highest BCUT2D eigenvalue weighted by Gasteiger charge is 2.36. The van der Waals surface area contributed by atoms with Crippen LogP contribution in [0.4, 0.5) is 10.1 Å². The van der Waals surface area contributed by atoms with Crippen LogP contribution in [0.5, 0.6) is 5.75 Å². The van der Waals surface area contributed by atoms with Crippen molar-refractivity contribution >= 4 is 39.3 Å². The van der Waals surface area contributed by atoms with Gasteiger partial charge >= 0.3 is 0 Å². The lowest BCUT2D eigenvalue weighted by Gasteiger charge is -2.23. The van der Waals surface area contributed by atoms with Crippen LogP contribution in [-0.2, 0) is 14.8 Å². The second-order valence-electron chi connectivity index (χ2n) is 6.65. The first-order chi connectivity index (χ1) is 14.8. The zero-order chi connectivity index (χ0) is 22.6. The predicted molar refractivity (Wildman–Crippen MR) is 116 cm³/mol. The Morgan fingerprint density at radius 2 is 1.94 bits per heavy atom. The molecule has 31 heavy (non-hydrogen) atoms. The van der Waals surface area contributed by atoms with Crippen molar-refractivity contribution in [1.82, 2.24) is 9.62 Å². The third kappa shape index (κ3) is 5.17. The third-order valence-corrected chi connectivity index (χ3v) is 7.17. The number of hydrogen-bond donors (Lipinski definition) is 2. The molecule has 1 aliphatic rings. The molecule has 2 aromatic rings. The lowest BCUT2D eigenvalue weighted by Crippen LogP contribution is -2.44. The van der Waals surface area contributed by atoms with Gasteiger partial charge in [0.15, 0.2) is 0 Å². The summed E-state index contributed by atoms with van der Waals surface area (Å²) in [5.74, 6) is -0.861. The van der Waals surface area contributed by atoms with Gasteiger partial charge in [-0.3, -0.25) is 9.59 Å². The molecule has 1 atom stereocenters. The summed E-state index contributed by atoms with van der Waals surface area (Å²) in [7, 11) is -2.33.